The number of carbonyl (C=O) groups excluding carboxylic acids is 1. The molecule has 0 fully saturated rings. The third-order valence-corrected chi connectivity index (χ3v) is 3.35. The summed E-state index contributed by atoms with van der Waals surface area (Å²) in [6.45, 7) is -0.320. The number of hydrogen-bond acceptors (Lipinski definition) is 3. The lowest BCUT2D eigenvalue weighted by molar-refractivity contribution is -0.139. The Morgan fingerprint density at radius 3 is 2.53 bits per heavy atom. The van der Waals surface area contributed by atoms with Gasteiger partial charge in [0.1, 0.15) is 6.04 Å². The molecule has 0 radical (unpaired) electrons. The van der Waals surface area contributed by atoms with Crippen LogP contribution in [0.4, 0.5) is 10.5 Å². The minimum absolute atomic E-state index is 0.0513. The SMILES string of the molecule is O=C(Nc1ccc(Br)cc1Br)N[C@H](CCO)C(=O)O. The van der Waals surface area contributed by atoms with E-state index in [9.17, 15) is 9.59 Å². The van der Waals surface area contributed by atoms with Gasteiger partial charge in [0.05, 0.1) is 5.69 Å². The normalized spacial score (nSPS) is 11.7. The predicted molar refractivity (Wildman–Crippen MR) is 77.1 cm³/mol. The van der Waals surface area contributed by atoms with Gasteiger partial charge in [-0.1, -0.05) is 15.9 Å². The molecule has 0 aliphatic heterocycles. The third-order valence-electron chi connectivity index (χ3n) is 2.20. The Morgan fingerprint density at radius 2 is 2.00 bits per heavy atom. The first kappa shape index (κ1) is 15.9. The average molecular weight is 396 g/mol. The quantitative estimate of drug-likeness (QED) is 0.613. The molecule has 2 amide bonds. The van der Waals surface area contributed by atoms with E-state index in [2.05, 4.69) is 42.5 Å². The number of halogens is 2. The number of benzene rings is 1. The topological polar surface area (TPSA) is 98.7 Å². The summed E-state index contributed by atoms with van der Waals surface area (Å²) in [5.41, 5.74) is 0.508. The molecule has 0 aromatic heterocycles. The van der Waals surface area contributed by atoms with Crippen LogP contribution in [0.2, 0.25) is 0 Å². The van der Waals surface area contributed by atoms with Crippen LogP contribution in [0.1, 0.15) is 6.42 Å². The van der Waals surface area contributed by atoms with Crippen LogP contribution in [-0.2, 0) is 4.79 Å². The summed E-state index contributed by atoms with van der Waals surface area (Å²) < 4.78 is 1.50. The Kier molecular flexibility index (Phi) is 6.26. The maximum absolute atomic E-state index is 11.6. The first-order chi connectivity index (χ1) is 8.93. The summed E-state index contributed by atoms with van der Waals surface area (Å²) in [6.07, 6.45) is -0.0513. The molecule has 4 N–H and O–H groups in total. The van der Waals surface area contributed by atoms with E-state index in [0.717, 1.165) is 4.47 Å². The fourth-order valence-corrected chi connectivity index (χ4v) is 2.44. The standard InChI is InChI=1S/C11H12Br2N2O4/c12-6-1-2-8(7(13)5-6)14-11(19)15-9(3-4-16)10(17)18/h1-2,5,9,16H,3-4H2,(H,17,18)(H2,14,15,19)/t9-/m1/s1. The smallest absolute Gasteiger partial charge is 0.326 e. The van der Waals surface area contributed by atoms with E-state index in [1.54, 1.807) is 18.2 Å². The molecule has 104 valence electrons. The number of aliphatic hydroxyl groups is 1. The number of nitrogens with one attached hydrogen (secondary N) is 2. The van der Waals surface area contributed by atoms with Gasteiger partial charge in [-0.25, -0.2) is 9.59 Å². The highest BCUT2D eigenvalue weighted by Crippen LogP contribution is 2.25. The van der Waals surface area contributed by atoms with Crippen LogP contribution < -0.4 is 10.6 Å². The molecular formula is C11H12Br2N2O4. The molecule has 0 unspecified atom stereocenters. The van der Waals surface area contributed by atoms with E-state index in [1.807, 2.05) is 0 Å². The van der Waals surface area contributed by atoms with Crippen molar-refractivity contribution in [1.29, 1.82) is 0 Å². The van der Waals surface area contributed by atoms with Gasteiger partial charge in [-0.15, -0.1) is 0 Å². The largest absolute Gasteiger partial charge is 0.480 e. The van der Waals surface area contributed by atoms with E-state index in [-0.39, 0.29) is 13.0 Å². The molecule has 0 spiro atoms. The van der Waals surface area contributed by atoms with Crippen molar-refractivity contribution in [2.75, 3.05) is 11.9 Å². The summed E-state index contributed by atoms with van der Waals surface area (Å²) in [5.74, 6) is -1.20. The second-order valence-corrected chi connectivity index (χ2v) is 5.40. The summed E-state index contributed by atoms with van der Waals surface area (Å²) in [6, 6.07) is 3.37. The van der Waals surface area contributed by atoms with Crippen molar-refractivity contribution in [1.82, 2.24) is 5.32 Å². The molecule has 1 aromatic carbocycles. The summed E-state index contributed by atoms with van der Waals surface area (Å²) in [7, 11) is 0. The lowest BCUT2D eigenvalue weighted by atomic mass is 10.2. The Balaban J connectivity index is 2.66. The summed E-state index contributed by atoms with van der Waals surface area (Å²) in [5, 5.41) is 22.3. The minimum atomic E-state index is -1.20. The number of carboxylic acids is 1. The van der Waals surface area contributed by atoms with E-state index < -0.39 is 18.0 Å². The molecule has 0 aliphatic carbocycles. The minimum Gasteiger partial charge on any atom is -0.480 e. The molecule has 0 saturated heterocycles. The second kappa shape index (κ2) is 7.46. The van der Waals surface area contributed by atoms with Gasteiger partial charge >= 0.3 is 12.0 Å². The average Bonchev–Trinajstić information content (AvgIpc) is 2.32. The highest BCUT2D eigenvalue weighted by atomic mass is 79.9. The molecule has 1 aromatic rings. The van der Waals surface area contributed by atoms with Gasteiger partial charge in [-0.2, -0.15) is 0 Å². The number of aliphatic hydroxyl groups excluding tert-OH is 1. The van der Waals surface area contributed by atoms with Crippen molar-refractivity contribution < 1.29 is 19.8 Å². The molecule has 0 saturated carbocycles. The highest BCUT2D eigenvalue weighted by Gasteiger charge is 2.19. The Hall–Kier alpha value is -1.12. The van der Waals surface area contributed by atoms with E-state index in [1.165, 1.54) is 0 Å². The fourth-order valence-electron chi connectivity index (χ4n) is 1.29. The lowest BCUT2D eigenvalue weighted by Crippen LogP contribution is -2.43. The van der Waals surface area contributed by atoms with Gasteiger partial charge in [0.2, 0.25) is 0 Å². The Labute approximate surface area is 126 Å². The van der Waals surface area contributed by atoms with Crippen molar-refractivity contribution >= 4 is 49.5 Å². The van der Waals surface area contributed by atoms with Gasteiger partial charge in [0.15, 0.2) is 0 Å². The molecule has 1 atom stereocenters. The van der Waals surface area contributed by atoms with Crippen LogP contribution in [0.15, 0.2) is 27.1 Å². The summed E-state index contributed by atoms with van der Waals surface area (Å²) >= 11 is 6.55. The van der Waals surface area contributed by atoms with Gasteiger partial charge in [-0.05, 0) is 34.1 Å². The zero-order chi connectivity index (χ0) is 14.4. The third kappa shape index (κ3) is 5.17. The van der Waals surface area contributed by atoms with E-state index >= 15 is 0 Å². The molecule has 1 rings (SSSR count). The molecule has 0 bridgehead atoms. The van der Waals surface area contributed by atoms with Gasteiger partial charge in [0.25, 0.3) is 0 Å². The lowest BCUT2D eigenvalue weighted by Gasteiger charge is -2.14. The van der Waals surface area contributed by atoms with Crippen LogP contribution in [-0.4, -0.2) is 34.9 Å². The highest BCUT2D eigenvalue weighted by molar-refractivity contribution is 9.11. The molecule has 6 nitrogen and oxygen atoms in total. The second-order valence-electron chi connectivity index (χ2n) is 3.63. The number of anilines is 1. The van der Waals surface area contributed by atoms with Gasteiger partial charge in [-0.3, -0.25) is 0 Å². The van der Waals surface area contributed by atoms with Crippen LogP contribution in [0.25, 0.3) is 0 Å². The van der Waals surface area contributed by atoms with E-state index in [0.29, 0.717) is 10.2 Å². The Morgan fingerprint density at radius 1 is 1.32 bits per heavy atom. The predicted octanol–water partition coefficient (Wildman–Crippen LogP) is 2.17. The number of aliphatic carboxylic acids is 1. The number of carbonyl (C=O) groups is 2. The van der Waals surface area contributed by atoms with Crippen molar-refractivity contribution in [2.45, 2.75) is 12.5 Å². The molecular weight excluding hydrogens is 384 g/mol. The van der Waals surface area contributed by atoms with Crippen LogP contribution in [0, 0.1) is 0 Å². The number of urea groups is 1. The maximum atomic E-state index is 11.6. The van der Waals surface area contributed by atoms with Crippen molar-refractivity contribution in [2.24, 2.45) is 0 Å². The first-order valence-electron chi connectivity index (χ1n) is 5.30. The number of amides is 2. The first-order valence-corrected chi connectivity index (χ1v) is 6.89. The van der Waals surface area contributed by atoms with Crippen LogP contribution in [0.5, 0.6) is 0 Å². The Bertz CT molecular complexity index is 482. The van der Waals surface area contributed by atoms with Crippen molar-refractivity contribution in [3.8, 4) is 0 Å². The van der Waals surface area contributed by atoms with Crippen molar-refractivity contribution in [3.63, 3.8) is 0 Å². The number of rotatable bonds is 5. The fraction of sp³-hybridized carbons (Fsp3) is 0.273. The molecule has 0 aliphatic rings. The number of carboxylic acid groups (broad SMARTS) is 1. The van der Waals surface area contributed by atoms with Gasteiger partial charge < -0.3 is 20.8 Å². The van der Waals surface area contributed by atoms with Gasteiger partial charge in [0, 0.05) is 22.0 Å². The zero-order valence-corrected chi connectivity index (χ0v) is 12.9. The summed E-state index contributed by atoms with van der Waals surface area (Å²) in [4.78, 5) is 22.5. The molecule has 8 heteroatoms. The van der Waals surface area contributed by atoms with E-state index in [4.69, 9.17) is 10.2 Å². The van der Waals surface area contributed by atoms with Crippen molar-refractivity contribution in [3.05, 3.63) is 27.1 Å². The molecule has 19 heavy (non-hydrogen) atoms. The monoisotopic (exact) mass is 394 g/mol. The zero-order valence-electron chi connectivity index (χ0n) is 9.69. The molecule has 0 heterocycles. The van der Waals surface area contributed by atoms with Crippen LogP contribution >= 0.6 is 31.9 Å². The van der Waals surface area contributed by atoms with Crippen LogP contribution in [0.3, 0.4) is 0 Å². The maximum Gasteiger partial charge on any atom is 0.326 e. The number of hydrogen-bond donors (Lipinski definition) is 4.